The Labute approximate surface area is 138 Å². The number of anilines is 2. The number of carbonyl (C=O) groups excluding carboxylic acids is 1. The topological polar surface area (TPSA) is 54.0 Å². The summed E-state index contributed by atoms with van der Waals surface area (Å²) in [6.45, 7) is 3.93. The minimum absolute atomic E-state index is 0.0750. The molecule has 0 aliphatic carbocycles. The molecule has 7 heteroatoms. The van der Waals surface area contributed by atoms with Crippen LogP contribution in [0.3, 0.4) is 0 Å². The van der Waals surface area contributed by atoms with Crippen molar-refractivity contribution in [2.75, 3.05) is 10.6 Å². The molecule has 2 N–H and O–H groups in total. The molecule has 1 amide bonds. The van der Waals surface area contributed by atoms with Crippen LogP contribution >= 0.6 is 0 Å². The van der Waals surface area contributed by atoms with Crippen LogP contribution in [-0.2, 0) is 17.5 Å². The molecule has 128 valence electrons. The molecule has 0 aliphatic heterocycles. The van der Waals surface area contributed by atoms with Crippen LogP contribution in [0.5, 0.6) is 0 Å². The lowest BCUT2D eigenvalue weighted by atomic mass is 10.1. The maximum Gasteiger partial charge on any atom is 0.416 e. The number of halogens is 3. The minimum Gasteiger partial charge on any atom is -0.366 e. The molecule has 1 aromatic heterocycles. The molecule has 1 heterocycles. The first-order chi connectivity index (χ1) is 11.3. The van der Waals surface area contributed by atoms with Crippen molar-refractivity contribution in [1.82, 2.24) is 4.98 Å². The zero-order chi connectivity index (χ0) is 17.7. The summed E-state index contributed by atoms with van der Waals surface area (Å²) < 4.78 is 37.9. The van der Waals surface area contributed by atoms with E-state index in [0.29, 0.717) is 12.2 Å². The first kappa shape index (κ1) is 17.8. The van der Waals surface area contributed by atoms with Crippen molar-refractivity contribution in [3.8, 4) is 0 Å². The number of hydrogen-bond donors (Lipinski definition) is 2. The smallest absolute Gasteiger partial charge is 0.366 e. The number of pyridine rings is 1. The normalized spacial score (nSPS) is 11.4. The summed E-state index contributed by atoms with van der Waals surface area (Å²) in [6.07, 6.45) is -3.27. The van der Waals surface area contributed by atoms with Gasteiger partial charge in [0.1, 0.15) is 5.82 Å². The Morgan fingerprint density at radius 2 is 1.83 bits per heavy atom. The molecule has 0 saturated carbocycles. The van der Waals surface area contributed by atoms with Crippen LogP contribution < -0.4 is 10.6 Å². The van der Waals surface area contributed by atoms with Gasteiger partial charge >= 0.3 is 6.18 Å². The van der Waals surface area contributed by atoms with Gasteiger partial charge in [-0.1, -0.05) is 26.0 Å². The predicted octanol–water partition coefficient (Wildman–Crippen LogP) is 4.31. The SMILES string of the molecule is CC(C)C(=O)Nc1ccc(CNc2cc(C(F)(F)F)ccn2)cc1. The van der Waals surface area contributed by atoms with Gasteiger partial charge in [-0.25, -0.2) is 4.98 Å². The lowest BCUT2D eigenvalue weighted by Crippen LogP contribution is -2.17. The van der Waals surface area contributed by atoms with E-state index in [1.165, 1.54) is 0 Å². The molecule has 1 aromatic carbocycles. The molecule has 4 nitrogen and oxygen atoms in total. The molecule has 0 spiro atoms. The molecular formula is C17H18F3N3O. The molecule has 0 aliphatic rings. The summed E-state index contributed by atoms with van der Waals surface area (Å²) in [6, 6.07) is 8.97. The fraction of sp³-hybridized carbons (Fsp3) is 0.294. The highest BCUT2D eigenvalue weighted by Crippen LogP contribution is 2.29. The fourth-order valence-corrected chi connectivity index (χ4v) is 1.89. The monoisotopic (exact) mass is 337 g/mol. The van der Waals surface area contributed by atoms with Gasteiger partial charge in [-0.15, -0.1) is 0 Å². The number of amides is 1. The summed E-state index contributed by atoms with van der Waals surface area (Å²) in [7, 11) is 0. The third kappa shape index (κ3) is 4.97. The Morgan fingerprint density at radius 1 is 1.17 bits per heavy atom. The largest absolute Gasteiger partial charge is 0.416 e. The molecule has 24 heavy (non-hydrogen) atoms. The van der Waals surface area contributed by atoms with Crippen LogP contribution in [0.4, 0.5) is 24.7 Å². The number of alkyl halides is 3. The van der Waals surface area contributed by atoms with Gasteiger partial charge < -0.3 is 10.6 Å². The first-order valence-electron chi connectivity index (χ1n) is 7.42. The molecular weight excluding hydrogens is 319 g/mol. The summed E-state index contributed by atoms with van der Waals surface area (Å²) in [5.74, 6) is -0.0330. The van der Waals surface area contributed by atoms with Gasteiger partial charge in [-0.05, 0) is 29.8 Å². The third-order valence-electron chi connectivity index (χ3n) is 3.31. The molecule has 0 unspecified atom stereocenters. The van der Waals surface area contributed by atoms with Crippen LogP contribution in [0.15, 0.2) is 42.6 Å². The zero-order valence-corrected chi connectivity index (χ0v) is 13.3. The average Bonchev–Trinajstić information content (AvgIpc) is 2.53. The number of hydrogen-bond acceptors (Lipinski definition) is 3. The highest BCUT2D eigenvalue weighted by atomic mass is 19.4. The van der Waals surface area contributed by atoms with Crippen molar-refractivity contribution >= 4 is 17.4 Å². The van der Waals surface area contributed by atoms with Crippen LogP contribution in [0.2, 0.25) is 0 Å². The van der Waals surface area contributed by atoms with E-state index >= 15 is 0 Å². The highest BCUT2D eigenvalue weighted by Gasteiger charge is 2.30. The Kier molecular flexibility index (Phi) is 5.43. The molecule has 0 radical (unpaired) electrons. The van der Waals surface area contributed by atoms with Gasteiger partial charge in [0.05, 0.1) is 5.56 Å². The van der Waals surface area contributed by atoms with Crippen LogP contribution in [0.25, 0.3) is 0 Å². The standard InChI is InChI=1S/C17H18F3N3O/c1-11(2)16(24)23-14-5-3-12(4-6-14)10-22-15-9-13(7-8-21-15)17(18,19)20/h3-9,11H,10H2,1-2H3,(H,21,22)(H,23,24). The number of benzene rings is 1. The van der Waals surface area contributed by atoms with Gasteiger partial charge in [-0.3, -0.25) is 4.79 Å². The maximum atomic E-state index is 12.6. The Balaban J connectivity index is 1.96. The van der Waals surface area contributed by atoms with Gasteiger partial charge in [0.25, 0.3) is 0 Å². The second kappa shape index (κ2) is 7.33. The predicted molar refractivity (Wildman–Crippen MR) is 86.5 cm³/mol. The summed E-state index contributed by atoms with van der Waals surface area (Å²) in [5, 5.41) is 5.62. The van der Waals surface area contributed by atoms with Gasteiger partial charge in [0.15, 0.2) is 0 Å². The first-order valence-corrected chi connectivity index (χ1v) is 7.42. The number of aromatic nitrogens is 1. The number of rotatable bonds is 5. The molecule has 0 fully saturated rings. The van der Waals surface area contributed by atoms with Gasteiger partial charge in [0.2, 0.25) is 5.91 Å². The summed E-state index contributed by atoms with van der Waals surface area (Å²) >= 11 is 0. The molecule has 0 atom stereocenters. The van der Waals surface area contributed by atoms with Crippen molar-refractivity contribution < 1.29 is 18.0 Å². The van der Waals surface area contributed by atoms with E-state index in [1.54, 1.807) is 38.1 Å². The Morgan fingerprint density at radius 3 is 2.42 bits per heavy atom. The molecule has 2 aromatic rings. The van der Waals surface area contributed by atoms with Crippen molar-refractivity contribution in [3.63, 3.8) is 0 Å². The van der Waals surface area contributed by atoms with Crippen molar-refractivity contribution in [2.24, 2.45) is 5.92 Å². The van der Waals surface area contributed by atoms with E-state index in [-0.39, 0.29) is 17.6 Å². The van der Waals surface area contributed by atoms with E-state index in [2.05, 4.69) is 15.6 Å². The number of nitrogens with one attached hydrogen (secondary N) is 2. The van der Waals surface area contributed by atoms with E-state index in [9.17, 15) is 18.0 Å². The van der Waals surface area contributed by atoms with Crippen LogP contribution in [0, 0.1) is 5.92 Å². The molecule has 0 bridgehead atoms. The lowest BCUT2D eigenvalue weighted by molar-refractivity contribution is -0.137. The summed E-state index contributed by atoms with van der Waals surface area (Å²) in [4.78, 5) is 15.5. The quantitative estimate of drug-likeness (QED) is 0.855. The number of nitrogens with zero attached hydrogens (tertiary/aromatic N) is 1. The third-order valence-corrected chi connectivity index (χ3v) is 3.31. The molecule has 2 rings (SSSR count). The van der Waals surface area contributed by atoms with E-state index in [0.717, 1.165) is 23.9 Å². The van der Waals surface area contributed by atoms with E-state index < -0.39 is 11.7 Å². The lowest BCUT2D eigenvalue weighted by Gasteiger charge is -2.11. The Hall–Kier alpha value is -2.57. The van der Waals surface area contributed by atoms with E-state index in [1.807, 2.05) is 0 Å². The second-order valence-corrected chi connectivity index (χ2v) is 5.62. The second-order valence-electron chi connectivity index (χ2n) is 5.62. The average molecular weight is 337 g/mol. The van der Waals surface area contributed by atoms with Crippen LogP contribution in [-0.4, -0.2) is 10.9 Å². The fourth-order valence-electron chi connectivity index (χ4n) is 1.89. The van der Waals surface area contributed by atoms with Gasteiger partial charge in [-0.2, -0.15) is 13.2 Å². The Bertz CT molecular complexity index is 697. The van der Waals surface area contributed by atoms with Crippen molar-refractivity contribution in [2.45, 2.75) is 26.6 Å². The zero-order valence-electron chi connectivity index (χ0n) is 13.3. The van der Waals surface area contributed by atoms with Gasteiger partial charge in [0, 0.05) is 24.3 Å². The minimum atomic E-state index is -4.39. The number of carbonyl (C=O) groups is 1. The van der Waals surface area contributed by atoms with Crippen molar-refractivity contribution in [3.05, 3.63) is 53.7 Å². The van der Waals surface area contributed by atoms with E-state index in [4.69, 9.17) is 0 Å². The summed E-state index contributed by atoms with van der Waals surface area (Å²) in [5.41, 5.74) is 0.790. The van der Waals surface area contributed by atoms with Crippen LogP contribution in [0.1, 0.15) is 25.0 Å². The maximum absolute atomic E-state index is 12.6. The molecule has 0 saturated heterocycles. The van der Waals surface area contributed by atoms with Crippen molar-refractivity contribution in [1.29, 1.82) is 0 Å². The highest BCUT2D eigenvalue weighted by molar-refractivity contribution is 5.92.